The second kappa shape index (κ2) is 5.35. The van der Waals surface area contributed by atoms with E-state index in [9.17, 15) is 0 Å². The van der Waals surface area contributed by atoms with Crippen molar-refractivity contribution in [1.82, 2.24) is 9.97 Å². The number of benzene rings is 1. The number of rotatable bonds is 4. The number of anilines is 1. The van der Waals surface area contributed by atoms with Crippen molar-refractivity contribution >= 4 is 5.69 Å². The van der Waals surface area contributed by atoms with Crippen LogP contribution >= 0.6 is 0 Å². The van der Waals surface area contributed by atoms with Crippen LogP contribution in [0.25, 0.3) is 11.4 Å². The standard InChI is InChI=1S/C13H15N3O2/c1-14-9-7-15-13(16-8-9)11-5-4-10(17-2)6-12(11)18-3/h4-8,14H,1-3H3. The summed E-state index contributed by atoms with van der Waals surface area (Å²) in [4.78, 5) is 8.58. The Labute approximate surface area is 106 Å². The summed E-state index contributed by atoms with van der Waals surface area (Å²) in [6.45, 7) is 0. The highest BCUT2D eigenvalue weighted by Crippen LogP contribution is 2.31. The van der Waals surface area contributed by atoms with Crippen LogP contribution in [0.15, 0.2) is 30.6 Å². The first-order chi connectivity index (χ1) is 8.78. The normalized spacial score (nSPS) is 9.94. The molecule has 0 aliphatic rings. The Morgan fingerprint density at radius 2 is 1.78 bits per heavy atom. The summed E-state index contributed by atoms with van der Waals surface area (Å²) in [6, 6.07) is 5.55. The van der Waals surface area contributed by atoms with Gasteiger partial charge in [-0.25, -0.2) is 9.97 Å². The molecule has 1 N–H and O–H groups in total. The summed E-state index contributed by atoms with van der Waals surface area (Å²) in [6.07, 6.45) is 3.46. The SMILES string of the molecule is CNc1cnc(-c2ccc(OC)cc2OC)nc1. The summed E-state index contributed by atoms with van der Waals surface area (Å²) < 4.78 is 10.5. The van der Waals surface area contributed by atoms with Gasteiger partial charge in [0.2, 0.25) is 0 Å². The molecule has 0 fully saturated rings. The summed E-state index contributed by atoms with van der Waals surface area (Å²) in [5.41, 5.74) is 1.70. The molecular formula is C13H15N3O2. The fourth-order valence-electron chi connectivity index (χ4n) is 1.58. The monoisotopic (exact) mass is 245 g/mol. The third kappa shape index (κ3) is 2.34. The van der Waals surface area contributed by atoms with Gasteiger partial charge < -0.3 is 14.8 Å². The Kier molecular flexibility index (Phi) is 3.62. The third-order valence-corrected chi connectivity index (χ3v) is 2.59. The molecule has 5 nitrogen and oxygen atoms in total. The van der Waals surface area contributed by atoms with Crippen molar-refractivity contribution in [1.29, 1.82) is 0 Å². The molecule has 0 saturated carbocycles. The van der Waals surface area contributed by atoms with Crippen LogP contribution in [0.1, 0.15) is 0 Å². The molecule has 5 heteroatoms. The third-order valence-electron chi connectivity index (χ3n) is 2.59. The lowest BCUT2D eigenvalue weighted by Gasteiger charge is -2.09. The summed E-state index contributed by atoms with van der Waals surface area (Å²) >= 11 is 0. The number of methoxy groups -OCH3 is 2. The molecule has 2 aromatic rings. The number of ether oxygens (including phenoxy) is 2. The quantitative estimate of drug-likeness (QED) is 0.895. The minimum Gasteiger partial charge on any atom is -0.497 e. The van der Waals surface area contributed by atoms with E-state index in [0.717, 1.165) is 17.0 Å². The smallest absolute Gasteiger partial charge is 0.163 e. The van der Waals surface area contributed by atoms with Crippen LogP contribution in [0.2, 0.25) is 0 Å². The van der Waals surface area contributed by atoms with Crippen molar-refractivity contribution in [3.05, 3.63) is 30.6 Å². The molecule has 1 aromatic carbocycles. The molecule has 0 atom stereocenters. The maximum Gasteiger partial charge on any atom is 0.163 e. The van der Waals surface area contributed by atoms with Crippen molar-refractivity contribution in [3.63, 3.8) is 0 Å². The Hall–Kier alpha value is -2.30. The molecule has 94 valence electrons. The van der Waals surface area contributed by atoms with Gasteiger partial charge in [0.25, 0.3) is 0 Å². The van der Waals surface area contributed by atoms with Crippen LogP contribution in [0.4, 0.5) is 5.69 Å². The largest absolute Gasteiger partial charge is 0.497 e. The predicted molar refractivity (Wildman–Crippen MR) is 70.1 cm³/mol. The van der Waals surface area contributed by atoms with Crippen molar-refractivity contribution in [2.24, 2.45) is 0 Å². The fourth-order valence-corrected chi connectivity index (χ4v) is 1.58. The van der Waals surface area contributed by atoms with Gasteiger partial charge in [-0.1, -0.05) is 0 Å². The maximum atomic E-state index is 5.32. The molecular weight excluding hydrogens is 230 g/mol. The van der Waals surface area contributed by atoms with E-state index in [-0.39, 0.29) is 0 Å². The van der Waals surface area contributed by atoms with Crippen molar-refractivity contribution in [3.8, 4) is 22.9 Å². The van der Waals surface area contributed by atoms with Crippen molar-refractivity contribution < 1.29 is 9.47 Å². The van der Waals surface area contributed by atoms with Gasteiger partial charge in [0.05, 0.1) is 37.9 Å². The van der Waals surface area contributed by atoms with Crippen molar-refractivity contribution in [2.45, 2.75) is 0 Å². The number of nitrogens with one attached hydrogen (secondary N) is 1. The van der Waals surface area contributed by atoms with E-state index in [1.807, 2.05) is 25.2 Å². The van der Waals surface area contributed by atoms with E-state index in [1.54, 1.807) is 26.6 Å². The Balaban J connectivity index is 2.42. The van der Waals surface area contributed by atoms with E-state index in [0.29, 0.717) is 11.6 Å². The molecule has 0 unspecified atom stereocenters. The highest BCUT2D eigenvalue weighted by atomic mass is 16.5. The van der Waals surface area contributed by atoms with Gasteiger partial charge in [-0.3, -0.25) is 0 Å². The zero-order chi connectivity index (χ0) is 13.0. The molecule has 0 aliphatic heterocycles. The first-order valence-corrected chi connectivity index (χ1v) is 5.50. The lowest BCUT2D eigenvalue weighted by molar-refractivity contribution is 0.395. The molecule has 2 rings (SSSR count). The fraction of sp³-hybridized carbons (Fsp3) is 0.231. The first-order valence-electron chi connectivity index (χ1n) is 5.50. The lowest BCUT2D eigenvalue weighted by atomic mass is 10.1. The van der Waals surface area contributed by atoms with Gasteiger partial charge in [-0.15, -0.1) is 0 Å². The Morgan fingerprint density at radius 1 is 1.06 bits per heavy atom. The van der Waals surface area contributed by atoms with Gasteiger partial charge in [-0.2, -0.15) is 0 Å². The molecule has 0 amide bonds. The summed E-state index contributed by atoms with van der Waals surface area (Å²) in [7, 11) is 5.05. The van der Waals surface area contributed by atoms with Crippen molar-refractivity contribution in [2.75, 3.05) is 26.6 Å². The van der Waals surface area contributed by atoms with E-state index in [2.05, 4.69) is 15.3 Å². The number of aromatic nitrogens is 2. The highest BCUT2D eigenvalue weighted by Gasteiger charge is 2.09. The first kappa shape index (κ1) is 12.2. The molecule has 0 aliphatic carbocycles. The minimum absolute atomic E-state index is 0.619. The predicted octanol–water partition coefficient (Wildman–Crippen LogP) is 2.20. The molecule has 1 heterocycles. The van der Waals surface area contributed by atoms with Crippen LogP contribution in [0, 0.1) is 0 Å². The minimum atomic E-state index is 0.619. The van der Waals surface area contributed by atoms with Crippen LogP contribution < -0.4 is 14.8 Å². The summed E-state index contributed by atoms with van der Waals surface area (Å²) in [5.74, 6) is 2.04. The second-order valence-corrected chi connectivity index (χ2v) is 3.61. The Morgan fingerprint density at radius 3 is 2.33 bits per heavy atom. The van der Waals surface area contributed by atoms with E-state index >= 15 is 0 Å². The molecule has 1 aromatic heterocycles. The van der Waals surface area contributed by atoms with Gasteiger partial charge in [0.1, 0.15) is 11.5 Å². The second-order valence-electron chi connectivity index (χ2n) is 3.61. The molecule has 0 saturated heterocycles. The molecule has 18 heavy (non-hydrogen) atoms. The van der Waals surface area contributed by atoms with Crippen LogP contribution in [-0.4, -0.2) is 31.2 Å². The van der Waals surface area contributed by atoms with Gasteiger partial charge in [-0.05, 0) is 12.1 Å². The lowest BCUT2D eigenvalue weighted by Crippen LogP contribution is -1.96. The van der Waals surface area contributed by atoms with Gasteiger partial charge in [0.15, 0.2) is 5.82 Å². The number of hydrogen-bond acceptors (Lipinski definition) is 5. The number of hydrogen-bond donors (Lipinski definition) is 1. The molecule has 0 radical (unpaired) electrons. The average Bonchev–Trinajstić information content (AvgIpc) is 2.46. The zero-order valence-electron chi connectivity index (χ0n) is 10.6. The van der Waals surface area contributed by atoms with E-state index < -0.39 is 0 Å². The van der Waals surface area contributed by atoms with E-state index in [1.165, 1.54) is 0 Å². The van der Waals surface area contributed by atoms with E-state index in [4.69, 9.17) is 9.47 Å². The molecule has 0 bridgehead atoms. The van der Waals surface area contributed by atoms with Gasteiger partial charge >= 0.3 is 0 Å². The summed E-state index contributed by atoms with van der Waals surface area (Å²) in [5, 5.41) is 2.98. The highest BCUT2D eigenvalue weighted by molar-refractivity contribution is 5.66. The number of nitrogens with zero attached hydrogens (tertiary/aromatic N) is 2. The molecule has 0 spiro atoms. The Bertz CT molecular complexity index is 526. The van der Waals surface area contributed by atoms with Crippen LogP contribution in [0.3, 0.4) is 0 Å². The van der Waals surface area contributed by atoms with Crippen LogP contribution in [-0.2, 0) is 0 Å². The average molecular weight is 245 g/mol. The zero-order valence-corrected chi connectivity index (χ0v) is 10.6. The van der Waals surface area contributed by atoms with Crippen LogP contribution in [0.5, 0.6) is 11.5 Å². The topological polar surface area (TPSA) is 56.3 Å². The van der Waals surface area contributed by atoms with Gasteiger partial charge in [0, 0.05) is 13.1 Å². The maximum absolute atomic E-state index is 5.32.